The smallest absolute Gasteiger partial charge is 0.255 e. The minimum atomic E-state index is -1.34. The highest BCUT2D eigenvalue weighted by atomic mass is 16.3. The summed E-state index contributed by atoms with van der Waals surface area (Å²) in [6.07, 6.45) is 2.91. The molecule has 7 nitrogen and oxygen atoms in total. The van der Waals surface area contributed by atoms with Gasteiger partial charge in [0.1, 0.15) is 0 Å². The van der Waals surface area contributed by atoms with Crippen molar-refractivity contribution in [2.24, 2.45) is 7.05 Å². The highest BCUT2D eigenvalue weighted by Crippen LogP contribution is 2.28. The average Bonchev–Trinajstić information content (AvgIpc) is 3.05. The highest BCUT2D eigenvalue weighted by molar-refractivity contribution is 5.86. The fourth-order valence-electron chi connectivity index (χ4n) is 4.69. The molecule has 3 heterocycles. The second kappa shape index (κ2) is 8.26. The molecule has 0 bridgehead atoms. The van der Waals surface area contributed by atoms with Crippen LogP contribution in [-0.2, 0) is 37.8 Å². The SMILES string of the molecule is Cn1nc(CO)c2c1CCN(CC1(O)CCCN(CCc3ccccc3)C1=O)C2. The number of carbonyl (C=O) groups excluding carboxylic acids is 1. The van der Waals surface area contributed by atoms with Crippen molar-refractivity contribution in [1.29, 1.82) is 0 Å². The summed E-state index contributed by atoms with van der Waals surface area (Å²) in [6, 6.07) is 10.1. The zero-order chi connectivity index (χ0) is 20.4. The number of aryl methyl sites for hydroxylation is 1. The lowest BCUT2D eigenvalue weighted by Crippen LogP contribution is -2.59. The van der Waals surface area contributed by atoms with Crippen molar-refractivity contribution in [3.63, 3.8) is 0 Å². The molecule has 2 N–H and O–H groups in total. The number of hydrogen-bond acceptors (Lipinski definition) is 5. The molecule has 2 aliphatic heterocycles. The van der Waals surface area contributed by atoms with Gasteiger partial charge in [-0.15, -0.1) is 0 Å². The number of likely N-dealkylation sites (tertiary alicyclic amines) is 1. The molecule has 1 aromatic carbocycles. The van der Waals surface area contributed by atoms with Gasteiger partial charge in [0.25, 0.3) is 5.91 Å². The number of aliphatic hydroxyl groups excluding tert-OH is 1. The van der Waals surface area contributed by atoms with Crippen molar-refractivity contribution in [1.82, 2.24) is 19.6 Å². The lowest BCUT2D eigenvalue weighted by Gasteiger charge is -2.41. The first-order valence-electron chi connectivity index (χ1n) is 10.4. The third kappa shape index (κ3) is 4.08. The van der Waals surface area contributed by atoms with Gasteiger partial charge in [-0.1, -0.05) is 30.3 Å². The van der Waals surface area contributed by atoms with Crippen molar-refractivity contribution in [3.05, 3.63) is 52.8 Å². The quantitative estimate of drug-likeness (QED) is 0.755. The number of aromatic nitrogens is 2. The lowest BCUT2D eigenvalue weighted by molar-refractivity contribution is -0.159. The summed E-state index contributed by atoms with van der Waals surface area (Å²) in [5.74, 6) is -0.154. The molecule has 1 fully saturated rings. The molecule has 0 spiro atoms. The molecular formula is C22H30N4O3. The summed E-state index contributed by atoms with van der Waals surface area (Å²) < 4.78 is 1.84. The van der Waals surface area contributed by atoms with Crippen LogP contribution in [0.3, 0.4) is 0 Å². The Bertz CT molecular complexity index is 866. The van der Waals surface area contributed by atoms with Crippen LogP contribution in [0.25, 0.3) is 0 Å². The summed E-state index contributed by atoms with van der Waals surface area (Å²) in [5.41, 5.74) is 2.73. The van der Waals surface area contributed by atoms with Crippen molar-refractivity contribution >= 4 is 5.91 Å². The number of piperidine rings is 1. The Morgan fingerprint density at radius 2 is 2.00 bits per heavy atom. The van der Waals surface area contributed by atoms with Crippen molar-refractivity contribution in [2.75, 3.05) is 26.2 Å². The lowest BCUT2D eigenvalue weighted by atomic mass is 9.90. The zero-order valence-corrected chi connectivity index (χ0v) is 17.0. The monoisotopic (exact) mass is 398 g/mol. The van der Waals surface area contributed by atoms with Gasteiger partial charge in [-0.3, -0.25) is 14.4 Å². The molecule has 156 valence electrons. The van der Waals surface area contributed by atoms with Crippen LogP contribution in [0.2, 0.25) is 0 Å². The number of fused-ring (bicyclic) bond motifs is 1. The topological polar surface area (TPSA) is 81.8 Å². The number of benzene rings is 1. The van der Waals surface area contributed by atoms with Gasteiger partial charge < -0.3 is 15.1 Å². The molecule has 2 aromatic rings. The molecule has 1 aromatic heterocycles. The second-order valence-electron chi connectivity index (χ2n) is 8.28. The van der Waals surface area contributed by atoms with Crippen LogP contribution >= 0.6 is 0 Å². The third-order valence-electron chi connectivity index (χ3n) is 6.26. The maximum absolute atomic E-state index is 13.1. The minimum absolute atomic E-state index is 0.0898. The third-order valence-corrected chi connectivity index (χ3v) is 6.26. The second-order valence-corrected chi connectivity index (χ2v) is 8.28. The Hall–Kier alpha value is -2.22. The van der Waals surface area contributed by atoms with E-state index in [0.717, 1.165) is 37.1 Å². The Labute approximate surface area is 171 Å². The largest absolute Gasteiger partial charge is 0.390 e. The number of rotatable bonds is 6. The van der Waals surface area contributed by atoms with Crippen LogP contribution in [-0.4, -0.2) is 67.5 Å². The number of aliphatic hydroxyl groups is 2. The van der Waals surface area contributed by atoms with Crippen molar-refractivity contribution in [2.45, 2.75) is 44.4 Å². The average molecular weight is 399 g/mol. The standard InChI is InChI=1S/C22H30N4O3/c1-24-20-9-12-25(14-18(20)19(15-27)23-24)16-22(29)10-5-11-26(21(22)28)13-8-17-6-3-2-4-7-17/h2-4,6-7,27,29H,5,8-16H2,1H3. The van der Waals surface area contributed by atoms with Crippen LogP contribution in [0.1, 0.15) is 35.4 Å². The molecular weight excluding hydrogens is 368 g/mol. The number of β-amino-alcohol motifs (C(OH)–C–C–N with tert-alkyl or cyclic N) is 1. The molecule has 1 unspecified atom stereocenters. The normalized spacial score (nSPS) is 22.7. The van der Waals surface area contributed by atoms with E-state index < -0.39 is 5.60 Å². The van der Waals surface area contributed by atoms with Crippen LogP contribution in [0.5, 0.6) is 0 Å². The zero-order valence-electron chi connectivity index (χ0n) is 17.0. The summed E-state index contributed by atoms with van der Waals surface area (Å²) in [5, 5.41) is 25.2. The number of carbonyl (C=O) groups is 1. The Morgan fingerprint density at radius 1 is 1.21 bits per heavy atom. The van der Waals surface area contributed by atoms with E-state index in [1.165, 1.54) is 5.56 Å². The van der Waals surface area contributed by atoms with E-state index in [2.05, 4.69) is 22.1 Å². The van der Waals surface area contributed by atoms with E-state index in [1.807, 2.05) is 34.8 Å². The minimum Gasteiger partial charge on any atom is -0.390 e. The summed E-state index contributed by atoms with van der Waals surface area (Å²) in [6.45, 7) is 2.96. The maximum atomic E-state index is 13.1. The summed E-state index contributed by atoms with van der Waals surface area (Å²) >= 11 is 0. The first-order valence-corrected chi connectivity index (χ1v) is 10.4. The fraction of sp³-hybridized carbons (Fsp3) is 0.545. The molecule has 1 saturated heterocycles. The van der Waals surface area contributed by atoms with E-state index in [9.17, 15) is 15.0 Å². The Kier molecular flexibility index (Phi) is 5.72. The predicted molar refractivity (Wildman–Crippen MR) is 109 cm³/mol. The molecule has 7 heteroatoms. The Morgan fingerprint density at radius 3 is 2.76 bits per heavy atom. The van der Waals surface area contributed by atoms with Gasteiger partial charge in [-0.2, -0.15) is 5.10 Å². The van der Waals surface area contributed by atoms with Gasteiger partial charge in [0.15, 0.2) is 5.60 Å². The molecule has 0 radical (unpaired) electrons. The van der Waals surface area contributed by atoms with E-state index in [4.69, 9.17) is 0 Å². The van der Waals surface area contributed by atoms with Gasteiger partial charge in [-0.25, -0.2) is 0 Å². The van der Waals surface area contributed by atoms with Crippen molar-refractivity contribution in [3.8, 4) is 0 Å². The van der Waals surface area contributed by atoms with Crippen LogP contribution in [0, 0.1) is 0 Å². The van der Waals surface area contributed by atoms with Gasteiger partial charge in [0.05, 0.1) is 12.3 Å². The fourth-order valence-corrected chi connectivity index (χ4v) is 4.69. The summed E-state index contributed by atoms with van der Waals surface area (Å²) in [7, 11) is 1.90. The van der Waals surface area contributed by atoms with Crippen LogP contribution < -0.4 is 0 Å². The number of nitrogens with zero attached hydrogens (tertiary/aromatic N) is 4. The van der Waals surface area contributed by atoms with Gasteiger partial charge >= 0.3 is 0 Å². The van der Waals surface area contributed by atoms with E-state index in [1.54, 1.807) is 0 Å². The molecule has 1 atom stereocenters. The van der Waals surface area contributed by atoms with Gasteiger partial charge in [0, 0.05) is 57.4 Å². The van der Waals surface area contributed by atoms with Crippen molar-refractivity contribution < 1.29 is 15.0 Å². The number of amides is 1. The first kappa shape index (κ1) is 20.1. The Balaban J connectivity index is 1.41. The predicted octanol–water partition coefficient (Wildman–Crippen LogP) is 0.867. The molecule has 0 aliphatic carbocycles. The first-order chi connectivity index (χ1) is 14.0. The maximum Gasteiger partial charge on any atom is 0.255 e. The highest BCUT2D eigenvalue weighted by Gasteiger charge is 2.43. The van der Waals surface area contributed by atoms with Crippen LogP contribution in [0.4, 0.5) is 0 Å². The van der Waals surface area contributed by atoms with E-state index in [-0.39, 0.29) is 12.5 Å². The van der Waals surface area contributed by atoms with E-state index >= 15 is 0 Å². The van der Waals surface area contributed by atoms with Crippen LogP contribution in [0.15, 0.2) is 30.3 Å². The summed E-state index contributed by atoms with van der Waals surface area (Å²) in [4.78, 5) is 17.0. The molecule has 0 saturated carbocycles. The molecule has 2 aliphatic rings. The molecule has 4 rings (SSSR count). The van der Waals surface area contributed by atoms with Gasteiger partial charge in [0.2, 0.25) is 0 Å². The number of hydrogen-bond donors (Lipinski definition) is 2. The molecule has 29 heavy (non-hydrogen) atoms. The molecule has 1 amide bonds. The van der Waals surface area contributed by atoms with Gasteiger partial charge in [-0.05, 0) is 24.8 Å². The van der Waals surface area contributed by atoms with E-state index in [0.29, 0.717) is 38.3 Å².